The van der Waals surface area contributed by atoms with Crippen LogP contribution in [0.1, 0.15) is 18.3 Å². The van der Waals surface area contributed by atoms with E-state index in [9.17, 15) is 0 Å². The van der Waals surface area contributed by atoms with E-state index in [1.807, 2.05) is 23.7 Å². The topological polar surface area (TPSA) is 30.2 Å². The molecule has 0 bridgehead atoms. The van der Waals surface area contributed by atoms with Crippen molar-refractivity contribution in [2.45, 2.75) is 20.3 Å². The van der Waals surface area contributed by atoms with E-state index in [0.29, 0.717) is 0 Å². The summed E-state index contributed by atoms with van der Waals surface area (Å²) in [7, 11) is 0. The summed E-state index contributed by atoms with van der Waals surface area (Å²) in [6, 6.07) is 0. The first-order valence-electron chi connectivity index (χ1n) is 4.10. The lowest BCUT2D eigenvalue weighted by Crippen LogP contribution is -1.88. The zero-order chi connectivity index (χ0) is 8.55. The first kappa shape index (κ1) is 7.28. The van der Waals surface area contributed by atoms with Crippen molar-refractivity contribution in [1.82, 2.24) is 14.4 Å². The number of aromatic nitrogens is 3. The summed E-state index contributed by atoms with van der Waals surface area (Å²) in [5.41, 5.74) is 3.07. The van der Waals surface area contributed by atoms with Gasteiger partial charge in [0, 0.05) is 18.6 Å². The minimum atomic E-state index is 0.967. The summed E-state index contributed by atoms with van der Waals surface area (Å²) in [5, 5.41) is 0. The van der Waals surface area contributed by atoms with Crippen molar-refractivity contribution in [2.75, 3.05) is 0 Å². The molecule has 3 nitrogen and oxygen atoms in total. The molecule has 0 atom stereocenters. The molecule has 0 aliphatic carbocycles. The fourth-order valence-corrected chi connectivity index (χ4v) is 1.27. The lowest BCUT2D eigenvalue weighted by atomic mass is 10.4. The molecule has 0 spiro atoms. The average Bonchev–Trinajstić information content (AvgIpc) is 2.49. The molecule has 2 rings (SSSR count). The predicted molar refractivity (Wildman–Crippen MR) is 47.1 cm³/mol. The third-order valence-electron chi connectivity index (χ3n) is 1.96. The van der Waals surface area contributed by atoms with Gasteiger partial charge in [0.05, 0.1) is 11.4 Å². The monoisotopic (exact) mass is 161 g/mol. The molecule has 62 valence electrons. The van der Waals surface area contributed by atoms with Crippen molar-refractivity contribution in [3.8, 4) is 0 Å². The first-order chi connectivity index (χ1) is 5.81. The Kier molecular flexibility index (Phi) is 1.57. The SMILES string of the molecule is CCc1cn2ccnc(C)c2n1. The van der Waals surface area contributed by atoms with Gasteiger partial charge in [0.15, 0.2) is 5.65 Å². The molecule has 12 heavy (non-hydrogen) atoms. The maximum Gasteiger partial charge on any atom is 0.158 e. The summed E-state index contributed by atoms with van der Waals surface area (Å²) in [5.74, 6) is 0. The van der Waals surface area contributed by atoms with Crippen LogP contribution in [-0.4, -0.2) is 14.4 Å². The summed E-state index contributed by atoms with van der Waals surface area (Å²) < 4.78 is 2.02. The van der Waals surface area contributed by atoms with E-state index in [-0.39, 0.29) is 0 Å². The van der Waals surface area contributed by atoms with Gasteiger partial charge in [-0.2, -0.15) is 0 Å². The molecule has 0 aliphatic rings. The Hall–Kier alpha value is -1.38. The molecular weight excluding hydrogens is 150 g/mol. The second kappa shape index (κ2) is 2.59. The third kappa shape index (κ3) is 0.978. The summed E-state index contributed by atoms with van der Waals surface area (Å²) >= 11 is 0. The molecule has 0 unspecified atom stereocenters. The van der Waals surface area contributed by atoms with E-state index in [4.69, 9.17) is 0 Å². The van der Waals surface area contributed by atoms with Gasteiger partial charge in [-0.25, -0.2) is 4.98 Å². The zero-order valence-corrected chi connectivity index (χ0v) is 7.28. The molecule has 0 saturated heterocycles. The van der Waals surface area contributed by atoms with Gasteiger partial charge < -0.3 is 4.40 Å². The molecular formula is C9H11N3. The van der Waals surface area contributed by atoms with Crippen molar-refractivity contribution < 1.29 is 0 Å². The summed E-state index contributed by atoms with van der Waals surface area (Å²) in [6.07, 6.45) is 6.74. The van der Waals surface area contributed by atoms with Crippen LogP contribution in [0.3, 0.4) is 0 Å². The maximum atomic E-state index is 4.43. The van der Waals surface area contributed by atoms with Gasteiger partial charge in [-0.05, 0) is 13.3 Å². The number of nitrogens with zero attached hydrogens (tertiary/aromatic N) is 3. The zero-order valence-electron chi connectivity index (χ0n) is 7.28. The Morgan fingerprint density at radius 1 is 1.50 bits per heavy atom. The highest BCUT2D eigenvalue weighted by Gasteiger charge is 2.01. The van der Waals surface area contributed by atoms with E-state index in [1.165, 1.54) is 0 Å². The number of fused-ring (bicyclic) bond motifs is 1. The second-order valence-corrected chi connectivity index (χ2v) is 2.83. The van der Waals surface area contributed by atoms with Crippen LogP contribution < -0.4 is 0 Å². The number of rotatable bonds is 1. The number of hydrogen-bond acceptors (Lipinski definition) is 2. The molecule has 0 aromatic carbocycles. The van der Waals surface area contributed by atoms with Gasteiger partial charge in [0.25, 0.3) is 0 Å². The molecule has 2 aromatic rings. The van der Waals surface area contributed by atoms with Crippen LogP contribution in [0.2, 0.25) is 0 Å². The van der Waals surface area contributed by atoms with E-state index in [1.54, 1.807) is 6.20 Å². The molecule has 3 heteroatoms. The Balaban J connectivity index is 2.74. The van der Waals surface area contributed by atoms with E-state index < -0.39 is 0 Å². The van der Waals surface area contributed by atoms with Crippen LogP contribution in [0.4, 0.5) is 0 Å². The standard InChI is InChI=1S/C9H11N3/c1-3-8-6-12-5-4-10-7(2)9(12)11-8/h4-6H,3H2,1-2H3. The van der Waals surface area contributed by atoms with Crippen LogP contribution in [0.5, 0.6) is 0 Å². The smallest absolute Gasteiger partial charge is 0.158 e. The highest BCUT2D eigenvalue weighted by Crippen LogP contribution is 2.07. The first-order valence-corrected chi connectivity index (χ1v) is 4.10. The molecule has 2 heterocycles. The Morgan fingerprint density at radius 2 is 2.33 bits per heavy atom. The van der Waals surface area contributed by atoms with Crippen LogP contribution in [0, 0.1) is 6.92 Å². The van der Waals surface area contributed by atoms with E-state index in [2.05, 4.69) is 16.9 Å². The third-order valence-corrected chi connectivity index (χ3v) is 1.96. The highest BCUT2D eigenvalue weighted by atomic mass is 15.0. The minimum absolute atomic E-state index is 0.967. The quantitative estimate of drug-likeness (QED) is 0.636. The fourth-order valence-electron chi connectivity index (χ4n) is 1.27. The lowest BCUT2D eigenvalue weighted by molar-refractivity contribution is 1.07. The van der Waals surface area contributed by atoms with Crippen molar-refractivity contribution in [2.24, 2.45) is 0 Å². The molecule has 0 fully saturated rings. The highest BCUT2D eigenvalue weighted by molar-refractivity contribution is 5.43. The molecule has 0 radical (unpaired) electrons. The Bertz CT molecular complexity index is 403. The fraction of sp³-hybridized carbons (Fsp3) is 0.333. The molecule has 2 aromatic heterocycles. The van der Waals surface area contributed by atoms with Gasteiger partial charge in [0.2, 0.25) is 0 Å². The minimum Gasteiger partial charge on any atom is -0.304 e. The van der Waals surface area contributed by atoms with Crippen LogP contribution in [0.25, 0.3) is 5.65 Å². The van der Waals surface area contributed by atoms with Crippen LogP contribution in [-0.2, 0) is 6.42 Å². The van der Waals surface area contributed by atoms with Gasteiger partial charge in [0.1, 0.15) is 0 Å². The van der Waals surface area contributed by atoms with Crippen molar-refractivity contribution in [1.29, 1.82) is 0 Å². The maximum absolute atomic E-state index is 4.43. The summed E-state index contributed by atoms with van der Waals surface area (Å²) in [4.78, 5) is 8.60. The second-order valence-electron chi connectivity index (χ2n) is 2.83. The normalized spacial score (nSPS) is 10.8. The van der Waals surface area contributed by atoms with Crippen LogP contribution in [0.15, 0.2) is 18.6 Å². The van der Waals surface area contributed by atoms with Crippen LogP contribution >= 0.6 is 0 Å². The van der Waals surface area contributed by atoms with Gasteiger partial charge in [-0.3, -0.25) is 4.98 Å². The molecule has 0 aliphatic heterocycles. The van der Waals surface area contributed by atoms with Gasteiger partial charge in [-0.15, -0.1) is 0 Å². The van der Waals surface area contributed by atoms with Gasteiger partial charge in [-0.1, -0.05) is 6.92 Å². The number of imidazole rings is 1. The Morgan fingerprint density at radius 3 is 3.00 bits per heavy atom. The van der Waals surface area contributed by atoms with Gasteiger partial charge >= 0.3 is 0 Å². The molecule has 0 saturated carbocycles. The number of hydrogen-bond donors (Lipinski definition) is 0. The molecule has 0 amide bonds. The average molecular weight is 161 g/mol. The summed E-state index contributed by atoms with van der Waals surface area (Å²) in [6.45, 7) is 4.08. The van der Waals surface area contributed by atoms with E-state index >= 15 is 0 Å². The van der Waals surface area contributed by atoms with E-state index in [0.717, 1.165) is 23.5 Å². The number of aryl methyl sites for hydroxylation is 2. The van der Waals surface area contributed by atoms with Crippen molar-refractivity contribution in [3.05, 3.63) is 30.0 Å². The lowest BCUT2D eigenvalue weighted by Gasteiger charge is -1.93. The largest absolute Gasteiger partial charge is 0.304 e. The predicted octanol–water partition coefficient (Wildman–Crippen LogP) is 1.60. The molecule has 0 N–H and O–H groups in total. The van der Waals surface area contributed by atoms with Crippen molar-refractivity contribution in [3.63, 3.8) is 0 Å². The Labute approximate surface area is 71.1 Å². The van der Waals surface area contributed by atoms with Crippen molar-refractivity contribution >= 4 is 5.65 Å².